The number of H-pyrrole nitrogens is 1. The van der Waals surface area contributed by atoms with Crippen LogP contribution in [0.3, 0.4) is 0 Å². The average molecular weight is 551 g/mol. The molecule has 9 heteroatoms. The molecule has 1 fully saturated rings. The monoisotopic (exact) mass is 550 g/mol. The van der Waals surface area contributed by atoms with Gasteiger partial charge in [0.2, 0.25) is 5.91 Å². The molecule has 0 saturated carbocycles. The number of rotatable bonds is 6. The van der Waals surface area contributed by atoms with E-state index in [1.165, 1.54) is 7.11 Å². The molecule has 1 saturated heterocycles. The Balaban J connectivity index is 1.25. The Morgan fingerprint density at radius 1 is 1.02 bits per heavy atom. The lowest BCUT2D eigenvalue weighted by atomic mass is 10.0. The zero-order valence-electron chi connectivity index (χ0n) is 23.7. The van der Waals surface area contributed by atoms with E-state index in [0.717, 1.165) is 51.2 Å². The van der Waals surface area contributed by atoms with E-state index in [2.05, 4.69) is 70.9 Å². The molecule has 5 aromatic rings. The second-order valence-electron chi connectivity index (χ2n) is 11.2. The van der Waals surface area contributed by atoms with Gasteiger partial charge in [0.05, 0.1) is 24.2 Å². The molecule has 41 heavy (non-hydrogen) atoms. The molecule has 210 valence electrons. The van der Waals surface area contributed by atoms with Gasteiger partial charge in [0, 0.05) is 25.1 Å². The molecule has 4 heterocycles. The number of methoxy groups -OCH3 is 1. The molecule has 0 radical (unpaired) electrons. The number of amides is 2. The smallest absolute Gasteiger partial charge is 0.407 e. The third-order valence-corrected chi connectivity index (χ3v) is 7.94. The standard InChI is InChI=1S/C32H34N6O3/c1-19(2)29(36-32(40)41-4)31(39)38-17-20(3)15-27(38)30-34-25-11-9-23(16-26(25)35-30)21-5-7-22(8-6-21)24-10-12-28-33-13-14-37(28)18-24/h5-14,16,18-20,27,29H,15,17H2,1-4H3,(H,34,35)(H,36,40)/t20-,27-,29-/m0/s1. The Morgan fingerprint density at radius 3 is 2.46 bits per heavy atom. The first kappa shape index (κ1) is 26.6. The number of nitrogens with zero attached hydrogens (tertiary/aromatic N) is 4. The van der Waals surface area contributed by atoms with Crippen molar-refractivity contribution in [1.29, 1.82) is 0 Å². The summed E-state index contributed by atoms with van der Waals surface area (Å²) >= 11 is 0. The van der Waals surface area contributed by atoms with Gasteiger partial charge in [-0.3, -0.25) is 4.79 Å². The number of alkyl carbamates (subject to hydrolysis) is 1. The number of aromatic nitrogens is 4. The number of carbonyl (C=O) groups excluding carboxylic acids is 2. The van der Waals surface area contributed by atoms with E-state index in [4.69, 9.17) is 9.72 Å². The zero-order valence-corrected chi connectivity index (χ0v) is 23.7. The van der Waals surface area contributed by atoms with Crippen LogP contribution in [-0.2, 0) is 9.53 Å². The number of likely N-dealkylation sites (tertiary alicyclic amines) is 1. The summed E-state index contributed by atoms with van der Waals surface area (Å²) in [5, 5.41) is 2.72. The normalized spacial score (nSPS) is 17.8. The van der Waals surface area contributed by atoms with E-state index in [9.17, 15) is 9.59 Å². The number of hydrogen-bond acceptors (Lipinski definition) is 5. The molecule has 0 bridgehead atoms. The van der Waals surface area contributed by atoms with Gasteiger partial charge >= 0.3 is 6.09 Å². The van der Waals surface area contributed by atoms with Gasteiger partial charge in [-0.2, -0.15) is 0 Å². The van der Waals surface area contributed by atoms with E-state index in [0.29, 0.717) is 12.5 Å². The van der Waals surface area contributed by atoms with Crippen molar-refractivity contribution in [2.24, 2.45) is 11.8 Å². The molecule has 0 spiro atoms. The predicted molar refractivity (Wildman–Crippen MR) is 158 cm³/mol. The minimum Gasteiger partial charge on any atom is -0.453 e. The molecule has 6 rings (SSSR count). The first-order chi connectivity index (χ1) is 19.8. The first-order valence-electron chi connectivity index (χ1n) is 14.0. The summed E-state index contributed by atoms with van der Waals surface area (Å²) < 4.78 is 6.78. The number of nitrogens with one attached hydrogen (secondary N) is 2. The second kappa shape index (κ2) is 10.7. The maximum Gasteiger partial charge on any atom is 0.407 e. The Morgan fingerprint density at radius 2 is 1.73 bits per heavy atom. The molecule has 2 aromatic carbocycles. The van der Waals surface area contributed by atoms with Crippen LogP contribution in [0.15, 0.2) is 73.2 Å². The van der Waals surface area contributed by atoms with Gasteiger partial charge in [0.25, 0.3) is 0 Å². The summed E-state index contributed by atoms with van der Waals surface area (Å²) in [6, 6.07) is 18.0. The highest BCUT2D eigenvalue weighted by molar-refractivity contribution is 5.87. The number of benzene rings is 2. The second-order valence-corrected chi connectivity index (χ2v) is 11.2. The number of ether oxygens (including phenoxy) is 1. The van der Waals surface area contributed by atoms with E-state index in [1.807, 2.05) is 41.5 Å². The molecule has 0 aliphatic carbocycles. The number of carbonyl (C=O) groups is 2. The molecule has 2 N–H and O–H groups in total. The van der Waals surface area contributed by atoms with Gasteiger partial charge in [0.15, 0.2) is 0 Å². The fourth-order valence-electron chi connectivity index (χ4n) is 5.74. The summed E-state index contributed by atoms with van der Waals surface area (Å²) in [6.07, 6.45) is 6.03. The van der Waals surface area contributed by atoms with E-state index < -0.39 is 12.1 Å². The lowest BCUT2D eigenvalue weighted by Gasteiger charge is -2.30. The minimum atomic E-state index is -0.670. The minimum absolute atomic E-state index is 0.0865. The number of imidazole rings is 2. The molecule has 1 aliphatic heterocycles. The average Bonchev–Trinajstić information content (AvgIpc) is 3.72. The van der Waals surface area contributed by atoms with Crippen molar-refractivity contribution < 1.29 is 14.3 Å². The van der Waals surface area contributed by atoms with Gasteiger partial charge in [-0.15, -0.1) is 0 Å². The number of hydrogen-bond donors (Lipinski definition) is 2. The zero-order chi connectivity index (χ0) is 28.7. The van der Waals surface area contributed by atoms with Crippen molar-refractivity contribution >= 4 is 28.7 Å². The molecule has 1 aliphatic rings. The highest BCUT2D eigenvalue weighted by Crippen LogP contribution is 2.36. The van der Waals surface area contributed by atoms with Crippen molar-refractivity contribution in [3.8, 4) is 22.3 Å². The van der Waals surface area contributed by atoms with Crippen LogP contribution < -0.4 is 5.32 Å². The largest absolute Gasteiger partial charge is 0.453 e. The highest BCUT2D eigenvalue weighted by Gasteiger charge is 2.40. The molecular formula is C32H34N6O3. The van der Waals surface area contributed by atoms with Crippen LogP contribution in [0.5, 0.6) is 0 Å². The molecule has 9 nitrogen and oxygen atoms in total. The third-order valence-electron chi connectivity index (χ3n) is 7.94. The Labute approximate surface area is 238 Å². The topological polar surface area (TPSA) is 105 Å². The fraction of sp³-hybridized carbons (Fsp3) is 0.312. The van der Waals surface area contributed by atoms with Gasteiger partial charge in [0.1, 0.15) is 17.5 Å². The predicted octanol–water partition coefficient (Wildman–Crippen LogP) is 5.83. The Kier molecular flexibility index (Phi) is 6.95. The summed E-state index contributed by atoms with van der Waals surface area (Å²) in [4.78, 5) is 40.1. The van der Waals surface area contributed by atoms with Crippen LogP contribution >= 0.6 is 0 Å². The summed E-state index contributed by atoms with van der Waals surface area (Å²) in [5.41, 5.74) is 7.16. The van der Waals surface area contributed by atoms with Crippen LogP contribution in [0.1, 0.15) is 39.1 Å². The lowest BCUT2D eigenvalue weighted by Crippen LogP contribution is -2.51. The number of aromatic amines is 1. The summed E-state index contributed by atoms with van der Waals surface area (Å²) in [5.74, 6) is 0.872. The van der Waals surface area contributed by atoms with Crippen LogP contribution in [-0.4, -0.2) is 55.9 Å². The molecule has 3 aromatic heterocycles. The quantitative estimate of drug-likeness (QED) is 0.277. The maximum absolute atomic E-state index is 13.6. The molecule has 0 unspecified atom stereocenters. The maximum atomic E-state index is 13.6. The highest BCUT2D eigenvalue weighted by atomic mass is 16.5. The van der Waals surface area contributed by atoms with Crippen molar-refractivity contribution in [2.45, 2.75) is 39.3 Å². The third kappa shape index (κ3) is 5.15. The van der Waals surface area contributed by atoms with Gasteiger partial charge in [-0.1, -0.05) is 51.1 Å². The van der Waals surface area contributed by atoms with Gasteiger partial charge in [-0.05, 0) is 64.8 Å². The Bertz CT molecular complexity index is 1720. The SMILES string of the molecule is COC(=O)N[C@H](C(=O)N1C[C@@H](C)C[C@H]1c1nc2ccc(-c3ccc(-c4ccc5nccn5c4)cc3)cc2[nH]1)C(C)C. The summed E-state index contributed by atoms with van der Waals surface area (Å²) in [6.45, 7) is 6.58. The van der Waals surface area contributed by atoms with E-state index >= 15 is 0 Å². The number of pyridine rings is 1. The Hall–Kier alpha value is -4.66. The van der Waals surface area contributed by atoms with Crippen molar-refractivity contribution in [3.05, 3.63) is 79.0 Å². The molecule has 3 atom stereocenters. The van der Waals surface area contributed by atoms with Gasteiger partial charge < -0.3 is 24.3 Å². The van der Waals surface area contributed by atoms with E-state index in [-0.39, 0.29) is 17.9 Å². The fourth-order valence-corrected chi connectivity index (χ4v) is 5.74. The van der Waals surface area contributed by atoms with Crippen LogP contribution in [0, 0.1) is 11.8 Å². The van der Waals surface area contributed by atoms with Crippen LogP contribution in [0.4, 0.5) is 4.79 Å². The first-order valence-corrected chi connectivity index (χ1v) is 14.0. The van der Waals surface area contributed by atoms with Gasteiger partial charge in [-0.25, -0.2) is 14.8 Å². The van der Waals surface area contributed by atoms with Crippen molar-refractivity contribution in [2.75, 3.05) is 13.7 Å². The summed E-state index contributed by atoms with van der Waals surface area (Å²) in [7, 11) is 1.30. The van der Waals surface area contributed by atoms with E-state index in [1.54, 1.807) is 6.20 Å². The van der Waals surface area contributed by atoms with Crippen molar-refractivity contribution in [3.63, 3.8) is 0 Å². The van der Waals surface area contributed by atoms with Crippen LogP contribution in [0.25, 0.3) is 38.9 Å². The van der Waals surface area contributed by atoms with Crippen molar-refractivity contribution in [1.82, 2.24) is 29.6 Å². The molecule has 2 amide bonds. The number of fused-ring (bicyclic) bond motifs is 2. The van der Waals surface area contributed by atoms with Crippen LogP contribution in [0.2, 0.25) is 0 Å². The lowest BCUT2D eigenvalue weighted by molar-refractivity contribution is -0.135. The molecular weight excluding hydrogens is 516 g/mol.